The number of methoxy groups -OCH3 is 2. The van der Waals surface area contributed by atoms with E-state index < -0.39 is 12.1 Å². The van der Waals surface area contributed by atoms with Crippen molar-refractivity contribution in [2.24, 2.45) is 5.10 Å². The number of carbonyl (C=O) groups is 2. The molecule has 0 saturated heterocycles. The minimum Gasteiger partial charge on any atom is -0.497 e. The molecule has 0 aliphatic rings. The Morgan fingerprint density at radius 2 is 1.93 bits per heavy atom. The van der Waals surface area contributed by atoms with Gasteiger partial charge in [-0.2, -0.15) is 5.10 Å². The normalized spacial score (nSPS) is 10.3. The SMILES string of the molecule is CCOc1cc(C=NNC(=O)OC)ccc1OC(=O)c1cccc(OC)c1. The number of hydrogen-bond acceptors (Lipinski definition) is 7. The second-order valence-corrected chi connectivity index (χ2v) is 5.12. The summed E-state index contributed by atoms with van der Waals surface area (Å²) in [5.41, 5.74) is 3.17. The number of ether oxygens (including phenoxy) is 4. The maximum absolute atomic E-state index is 12.4. The van der Waals surface area contributed by atoms with Gasteiger partial charge in [-0.3, -0.25) is 0 Å². The van der Waals surface area contributed by atoms with Crippen LogP contribution in [0.3, 0.4) is 0 Å². The number of hydrazone groups is 1. The number of rotatable bonds is 7. The highest BCUT2D eigenvalue weighted by Gasteiger charge is 2.14. The highest BCUT2D eigenvalue weighted by atomic mass is 16.6. The van der Waals surface area contributed by atoms with Crippen LogP contribution in [-0.2, 0) is 4.74 Å². The van der Waals surface area contributed by atoms with E-state index in [1.54, 1.807) is 42.5 Å². The molecule has 8 nitrogen and oxygen atoms in total. The molecule has 0 radical (unpaired) electrons. The molecule has 0 unspecified atom stereocenters. The van der Waals surface area contributed by atoms with Gasteiger partial charge in [-0.05, 0) is 48.9 Å². The van der Waals surface area contributed by atoms with Crippen LogP contribution in [0.2, 0.25) is 0 Å². The molecule has 0 atom stereocenters. The molecule has 0 spiro atoms. The van der Waals surface area contributed by atoms with Crippen molar-refractivity contribution in [1.82, 2.24) is 5.43 Å². The summed E-state index contributed by atoms with van der Waals surface area (Å²) in [4.78, 5) is 23.4. The van der Waals surface area contributed by atoms with Crippen molar-refractivity contribution < 1.29 is 28.5 Å². The van der Waals surface area contributed by atoms with Gasteiger partial charge in [0.15, 0.2) is 11.5 Å². The summed E-state index contributed by atoms with van der Waals surface area (Å²) in [5.74, 6) is 0.654. The number of benzene rings is 2. The van der Waals surface area contributed by atoms with Gasteiger partial charge in [-0.15, -0.1) is 0 Å². The smallest absolute Gasteiger partial charge is 0.427 e. The van der Waals surface area contributed by atoms with Gasteiger partial charge in [0.1, 0.15) is 5.75 Å². The molecule has 8 heteroatoms. The fraction of sp³-hybridized carbons (Fsp3) is 0.211. The third-order valence-corrected chi connectivity index (χ3v) is 3.33. The molecule has 2 aromatic carbocycles. The van der Waals surface area contributed by atoms with Crippen LogP contribution in [0, 0.1) is 0 Å². The summed E-state index contributed by atoms with van der Waals surface area (Å²) in [6.45, 7) is 2.19. The van der Waals surface area contributed by atoms with Gasteiger partial charge in [0.05, 0.1) is 32.6 Å². The summed E-state index contributed by atoms with van der Waals surface area (Å²) in [6.07, 6.45) is 0.729. The average molecular weight is 372 g/mol. The lowest BCUT2D eigenvalue weighted by atomic mass is 10.2. The fourth-order valence-corrected chi connectivity index (χ4v) is 2.07. The van der Waals surface area contributed by atoms with Crippen LogP contribution in [0.4, 0.5) is 4.79 Å². The molecular weight excluding hydrogens is 352 g/mol. The molecular formula is C19H20N2O6. The molecule has 0 aliphatic carbocycles. The van der Waals surface area contributed by atoms with Gasteiger partial charge < -0.3 is 18.9 Å². The van der Waals surface area contributed by atoms with Gasteiger partial charge in [-0.25, -0.2) is 15.0 Å². The molecule has 1 amide bonds. The van der Waals surface area contributed by atoms with E-state index in [4.69, 9.17) is 14.2 Å². The Balaban J connectivity index is 2.17. The highest BCUT2D eigenvalue weighted by Crippen LogP contribution is 2.29. The zero-order chi connectivity index (χ0) is 19.6. The van der Waals surface area contributed by atoms with Crippen molar-refractivity contribution in [2.45, 2.75) is 6.92 Å². The first kappa shape index (κ1) is 19.8. The predicted molar refractivity (Wildman–Crippen MR) is 98.7 cm³/mol. The van der Waals surface area contributed by atoms with Crippen LogP contribution in [0.5, 0.6) is 17.2 Å². The number of nitrogens with one attached hydrogen (secondary N) is 1. The average Bonchev–Trinajstić information content (AvgIpc) is 2.69. The van der Waals surface area contributed by atoms with E-state index in [0.717, 1.165) is 0 Å². The van der Waals surface area contributed by atoms with E-state index in [0.29, 0.717) is 29.2 Å². The van der Waals surface area contributed by atoms with Crippen molar-refractivity contribution in [2.75, 3.05) is 20.8 Å². The van der Waals surface area contributed by atoms with Gasteiger partial charge in [0, 0.05) is 0 Å². The summed E-state index contributed by atoms with van der Waals surface area (Å²) in [5, 5.41) is 3.74. The summed E-state index contributed by atoms with van der Waals surface area (Å²) >= 11 is 0. The van der Waals surface area contributed by atoms with Crippen LogP contribution >= 0.6 is 0 Å². The Morgan fingerprint density at radius 3 is 2.63 bits per heavy atom. The number of esters is 1. The van der Waals surface area contributed by atoms with Crippen LogP contribution in [-0.4, -0.2) is 39.1 Å². The van der Waals surface area contributed by atoms with E-state index in [1.807, 2.05) is 6.92 Å². The maximum atomic E-state index is 12.4. The molecule has 2 aromatic rings. The van der Waals surface area contributed by atoms with E-state index in [9.17, 15) is 9.59 Å². The summed E-state index contributed by atoms with van der Waals surface area (Å²) < 4.78 is 20.5. The molecule has 0 bridgehead atoms. The van der Waals surface area contributed by atoms with Crippen LogP contribution in [0.1, 0.15) is 22.8 Å². The van der Waals surface area contributed by atoms with E-state index in [-0.39, 0.29) is 5.75 Å². The largest absolute Gasteiger partial charge is 0.497 e. The topological polar surface area (TPSA) is 95.5 Å². The Kier molecular flexibility index (Phi) is 7.18. The van der Waals surface area contributed by atoms with Crippen molar-refractivity contribution in [3.8, 4) is 17.2 Å². The lowest BCUT2D eigenvalue weighted by Gasteiger charge is -2.11. The molecule has 1 N–H and O–H groups in total. The first-order valence-corrected chi connectivity index (χ1v) is 8.07. The van der Waals surface area contributed by atoms with Gasteiger partial charge in [0.25, 0.3) is 0 Å². The molecule has 0 heterocycles. The van der Waals surface area contributed by atoms with E-state index in [1.165, 1.54) is 20.4 Å². The lowest BCUT2D eigenvalue weighted by Crippen LogP contribution is -2.16. The van der Waals surface area contributed by atoms with Gasteiger partial charge in [0.2, 0.25) is 0 Å². The Labute approximate surface area is 156 Å². The summed E-state index contributed by atoms with van der Waals surface area (Å²) in [6, 6.07) is 11.5. The third kappa shape index (κ3) is 5.74. The van der Waals surface area contributed by atoms with Crippen molar-refractivity contribution in [3.05, 3.63) is 53.6 Å². The quantitative estimate of drug-likeness (QED) is 0.347. The standard InChI is InChI=1S/C19H20N2O6/c1-4-26-17-10-13(12-20-21-19(23)25-3)8-9-16(17)27-18(22)14-6-5-7-15(11-14)24-2/h5-12H,4H2,1-3H3,(H,21,23). The molecule has 142 valence electrons. The maximum Gasteiger partial charge on any atom is 0.427 e. The molecule has 27 heavy (non-hydrogen) atoms. The molecule has 0 aliphatic heterocycles. The number of carbonyl (C=O) groups excluding carboxylic acids is 2. The molecule has 0 saturated carbocycles. The molecule has 0 fully saturated rings. The monoisotopic (exact) mass is 372 g/mol. The number of hydrogen-bond donors (Lipinski definition) is 1. The fourth-order valence-electron chi connectivity index (χ4n) is 2.07. The zero-order valence-corrected chi connectivity index (χ0v) is 15.2. The second kappa shape index (κ2) is 9.81. The van der Waals surface area contributed by atoms with E-state index in [2.05, 4.69) is 15.3 Å². The van der Waals surface area contributed by atoms with Crippen molar-refractivity contribution in [1.29, 1.82) is 0 Å². The minimum atomic E-state index is -0.680. The number of amides is 1. The summed E-state index contributed by atoms with van der Waals surface area (Å²) in [7, 11) is 2.76. The zero-order valence-electron chi connectivity index (χ0n) is 15.2. The van der Waals surface area contributed by atoms with Crippen molar-refractivity contribution >= 4 is 18.3 Å². The van der Waals surface area contributed by atoms with Crippen LogP contribution < -0.4 is 19.6 Å². The van der Waals surface area contributed by atoms with Gasteiger partial charge in [-0.1, -0.05) is 6.07 Å². The predicted octanol–water partition coefficient (Wildman–Crippen LogP) is 3.00. The highest BCUT2D eigenvalue weighted by molar-refractivity contribution is 5.92. The second-order valence-electron chi connectivity index (χ2n) is 5.12. The Bertz CT molecular complexity index is 835. The third-order valence-electron chi connectivity index (χ3n) is 3.33. The van der Waals surface area contributed by atoms with Crippen LogP contribution in [0.25, 0.3) is 0 Å². The van der Waals surface area contributed by atoms with Gasteiger partial charge >= 0.3 is 12.1 Å². The first-order chi connectivity index (χ1) is 13.1. The van der Waals surface area contributed by atoms with Crippen LogP contribution in [0.15, 0.2) is 47.6 Å². The lowest BCUT2D eigenvalue weighted by molar-refractivity contribution is 0.0728. The Hall–Kier alpha value is -3.55. The minimum absolute atomic E-state index is 0.266. The number of nitrogens with zero attached hydrogens (tertiary/aromatic N) is 1. The Morgan fingerprint density at radius 1 is 1.11 bits per heavy atom. The van der Waals surface area contributed by atoms with E-state index >= 15 is 0 Å². The van der Waals surface area contributed by atoms with Crippen molar-refractivity contribution in [3.63, 3.8) is 0 Å². The molecule has 0 aromatic heterocycles. The molecule has 2 rings (SSSR count). The first-order valence-electron chi connectivity index (χ1n) is 8.07.